The average Bonchev–Trinajstić information content (AvgIpc) is 3.30. The van der Waals surface area contributed by atoms with Crippen LogP contribution in [-0.4, -0.2) is 40.0 Å². The maximum atomic E-state index is 12.6. The molecule has 164 valence electrons. The summed E-state index contributed by atoms with van der Waals surface area (Å²) in [7, 11) is 0. The van der Waals surface area contributed by atoms with Crippen LogP contribution >= 0.6 is 0 Å². The van der Waals surface area contributed by atoms with Crippen molar-refractivity contribution in [3.8, 4) is 29.3 Å². The Balaban J connectivity index is 1.37. The number of aromatic nitrogens is 3. The van der Waals surface area contributed by atoms with E-state index < -0.39 is 11.2 Å². The Morgan fingerprint density at radius 1 is 1.09 bits per heavy atom. The van der Waals surface area contributed by atoms with Gasteiger partial charge in [-0.05, 0) is 50.6 Å². The van der Waals surface area contributed by atoms with Crippen molar-refractivity contribution in [2.75, 3.05) is 13.2 Å². The van der Waals surface area contributed by atoms with Crippen LogP contribution in [0.1, 0.15) is 31.9 Å². The lowest BCUT2D eigenvalue weighted by molar-refractivity contribution is -0.281. The summed E-state index contributed by atoms with van der Waals surface area (Å²) >= 11 is 0. The van der Waals surface area contributed by atoms with E-state index in [0.717, 1.165) is 28.1 Å². The summed E-state index contributed by atoms with van der Waals surface area (Å²) in [5, 5.41) is 8.44. The third-order valence-corrected chi connectivity index (χ3v) is 5.38. The Labute approximate surface area is 187 Å². The molecule has 1 aliphatic heterocycles. The molecule has 0 unspecified atom stereocenters. The highest BCUT2D eigenvalue weighted by Gasteiger charge is 2.43. The molecule has 1 saturated heterocycles. The van der Waals surface area contributed by atoms with Crippen LogP contribution in [0.25, 0.3) is 16.9 Å². The number of benzene rings is 2. The topological polar surface area (TPSA) is 75.5 Å². The maximum absolute atomic E-state index is 12.6. The minimum absolute atomic E-state index is 0.173. The highest BCUT2D eigenvalue weighted by molar-refractivity contribution is 5.77. The van der Waals surface area contributed by atoms with Crippen molar-refractivity contribution in [2.24, 2.45) is 5.41 Å². The van der Waals surface area contributed by atoms with E-state index in [9.17, 15) is 4.79 Å². The SMILES string of the molecule is C#Cc1ccc(-n2cc(-c3ccc(COC(=O)C4(C)COC(C)(C)OC4)cc3)nn2)cc1. The number of carbonyl (C=O) groups is 1. The molecule has 3 aromatic rings. The Hall–Kier alpha value is -3.47. The molecule has 0 spiro atoms. The number of carbonyl (C=O) groups excluding carboxylic acids is 1. The molecule has 0 amide bonds. The van der Waals surface area contributed by atoms with E-state index in [2.05, 4.69) is 16.2 Å². The van der Waals surface area contributed by atoms with Gasteiger partial charge in [-0.2, -0.15) is 0 Å². The third kappa shape index (κ3) is 4.72. The first-order valence-corrected chi connectivity index (χ1v) is 10.3. The van der Waals surface area contributed by atoms with Gasteiger partial charge in [-0.1, -0.05) is 35.4 Å². The van der Waals surface area contributed by atoms with Crippen molar-refractivity contribution in [3.63, 3.8) is 0 Å². The van der Waals surface area contributed by atoms with Gasteiger partial charge in [0, 0.05) is 11.1 Å². The molecular weight excluding hydrogens is 406 g/mol. The van der Waals surface area contributed by atoms with Crippen LogP contribution in [0.5, 0.6) is 0 Å². The van der Waals surface area contributed by atoms with Crippen molar-refractivity contribution in [3.05, 3.63) is 65.9 Å². The highest BCUT2D eigenvalue weighted by Crippen LogP contribution is 2.31. The number of hydrogen-bond acceptors (Lipinski definition) is 6. The smallest absolute Gasteiger partial charge is 0.316 e. The largest absolute Gasteiger partial charge is 0.460 e. The monoisotopic (exact) mass is 431 g/mol. The van der Waals surface area contributed by atoms with E-state index in [4.69, 9.17) is 20.6 Å². The summed E-state index contributed by atoms with van der Waals surface area (Å²) in [6.45, 7) is 6.14. The van der Waals surface area contributed by atoms with Gasteiger partial charge in [0.2, 0.25) is 0 Å². The lowest BCUT2D eigenvalue weighted by Crippen LogP contribution is -2.49. The molecule has 2 heterocycles. The molecule has 0 bridgehead atoms. The number of esters is 1. The number of ether oxygens (including phenoxy) is 3. The van der Waals surface area contributed by atoms with Gasteiger partial charge in [-0.25, -0.2) is 4.68 Å². The van der Waals surface area contributed by atoms with Gasteiger partial charge in [-0.3, -0.25) is 4.79 Å². The van der Waals surface area contributed by atoms with Crippen LogP contribution in [0.4, 0.5) is 0 Å². The predicted molar refractivity (Wildman–Crippen MR) is 119 cm³/mol. The lowest BCUT2D eigenvalue weighted by atomic mass is 9.92. The minimum atomic E-state index is -0.813. The normalized spacial score (nSPS) is 16.8. The van der Waals surface area contributed by atoms with Gasteiger partial charge in [-0.15, -0.1) is 11.5 Å². The molecule has 1 aliphatic rings. The van der Waals surface area contributed by atoms with Gasteiger partial charge < -0.3 is 14.2 Å². The number of rotatable bonds is 5. The Kier molecular flexibility index (Phi) is 5.83. The summed E-state index contributed by atoms with van der Waals surface area (Å²) in [6.07, 6.45) is 7.25. The van der Waals surface area contributed by atoms with Crippen molar-refractivity contribution in [1.29, 1.82) is 0 Å². The van der Waals surface area contributed by atoms with Crippen LogP contribution in [-0.2, 0) is 25.6 Å². The van der Waals surface area contributed by atoms with E-state index in [1.54, 1.807) is 11.6 Å². The number of terminal acetylenes is 1. The fraction of sp³-hybridized carbons (Fsp3) is 0.320. The zero-order valence-corrected chi connectivity index (χ0v) is 18.4. The van der Waals surface area contributed by atoms with Crippen LogP contribution in [0.3, 0.4) is 0 Å². The van der Waals surface area contributed by atoms with Crippen molar-refractivity contribution in [2.45, 2.75) is 33.2 Å². The molecule has 1 aromatic heterocycles. The van der Waals surface area contributed by atoms with Gasteiger partial charge in [0.15, 0.2) is 5.79 Å². The summed E-state index contributed by atoms with van der Waals surface area (Å²) in [5.41, 5.74) is 3.40. The second-order valence-electron chi connectivity index (χ2n) is 8.55. The fourth-order valence-corrected chi connectivity index (χ4v) is 3.19. The van der Waals surface area contributed by atoms with E-state index in [1.165, 1.54) is 0 Å². The molecule has 0 N–H and O–H groups in total. The molecular formula is C25H25N3O4. The van der Waals surface area contributed by atoms with E-state index >= 15 is 0 Å². The number of hydrogen-bond donors (Lipinski definition) is 0. The second-order valence-corrected chi connectivity index (χ2v) is 8.55. The summed E-state index contributed by atoms with van der Waals surface area (Å²) < 4.78 is 18.5. The molecule has 0 saturated carbocycles. The fourth-order valence-electron chi connectivity index (χ4n) is 3.19. The quantitative estimate of drug-likeness (QED) is 0.452. The van der Waals surface area contributed by atoms with E-state index in [1.807, 2.05) is 68.6 Å². The first-order valence-electron chi connectivity index (χ1n) is 10.3. The molecule has 0 radical (unpaired) electrons. The van der Waals surface area contributed by atoms with Gasteiger partial charge in [0.1, 0.15) is 17.7 Å². The highest BCUT2D eigenvalue weighted by atomic mass is 16.7. The van der Waals surface area contributed by atoms with Crippen LogP contribution < -0.4 is 0 Å². The van der Waals surface area contributed by atoms with E-state index in [-0.39, 0.29) is 25.8 Å². The summed E-state index contributed by atoms with van der Waals surface area (Å²) in [5.74, 6) is 1.58. The molecule has 0 atom stereocenters. The standard InChI is InChI=1S/C25H25N3O4/c1-5-18-8-12-21(13-9-18)28-14-22(26-27-28)20-10-6-19(7-11-20)15-30-23(29)25(4)16-31-24(2,3)32-17-25/h1,6-14H,15-17H2,2-4H3. The predicted octanol–water partition coefficient (Wildman–Crippen LogP) is 3.75. The van der Waals surface area contributed by atoms with E-state index in [0.29, 0.717) is 0 Å². The lowest BCUT2D eigenvalue weighted by Gasteiger charge is -2.39. The second kappa shape index (κ2) is 8.58. The van der Waals surface area contributed by atoms with Gasteiger partial charge in [0.05, 0.1) is 25.1 Å². The molecule has 0 aliphatic carbocycles. The van der Waals surface area contributed by atoms with Gasteiger partial charge in [0.25, 0.3) is 0 Å². The maximum Gasteiger partial charge on any atom is 0.316 e. The molecule has 32 heavy (non-hydrogen) atoms. The van der Waals surface area contributed by atoms with Crippen molar-refractivity contribution >= 4 is 5.97 Å². The Bertz CT molecular complexity index is 1130. The Morgan fingerprint density at radius 3 is 2.38 bits per heavy atom. The zero-order chi connectivity index (χ0) is 22.8. The van der Waals surface area contributed by atoms with Crippen LogP contribution in [0, 0.1) is 17.8 Å². The molecule has 4 rings (SSSR count). The molecule has 7 nitrogen and oxygen atoms in total. The zero-order valence-electron chi connectivity index (χ0n) is 18.4. The Morgan fingerprint density at radius 2 is 1.75 bits per heavy atom. The van der Waals surface area contributed by atoms with Gasteiger partial charge >= 0.3 is 5.97 Å². The molecule has 2 aromatic carbocycles. The average molecular weight is 431 g/mol. The first-order chi connectivity index (χ1) is 15.3. The van der Waals surface area contributed by atoms with Crippen LogP contribution in [0.15, 0.2) is 54.7 Å². The minimum Gasteiger partial charge on any atom is -0.460 e. The van der Waals surface area contributed by atoms with Crippen LogP contribution in [0.2, 0.25) is 0 Å². The third-order valence-electron chi connectivity index (χ3n) is 5.38. The van der Waals surface area contributed by atoms with Crippen molar-refractivity contribution < 1.29 is 19.0 Å². The number of nitrogens with zero attached hydrogens (tertiary/aromatic N) is 3. The summed E-state index contributed by atoms with van der Waals surface area (Å²) in [6, 6.07) is 15.2. The molecule has 7 heteroatoms. The van der Waals surface area contributed by atoms with Crippen molar-refractivity contribution in [1.82, 2.24) is 15.0 Å². The molecule has 1 fully saturated rings. The first kappa shape index (κ1) is 21.8. The summed E-state index contributed by atoms with van der Waals surface area (Å²) in [4.78, 5) is 12.6.